The Hall–Kier alpha value is -3.19. The van der Waals surface area contributed by atoms with Gasteiger partial charge in [0.15, 0.2) is 5.78 Å². The number of Topliss-reactive ketones (excluding diaryl/α,β-unsaturated/α-hetero) is 2. The SMILES string of the molecule is CC[C@H](C)[C@@H](C(CC(=O)N1CCC[C@H]1[C@H](OC)[C@@H](C)C(=O)C[C@@H](CCc1ccccc1)CC(=O)O)OC)N(C)C(=O)[C@@H](CC(=O)[C@H](C(C)C)N1CCNCC1)C(C)C. The van der Waals surface area contributed by atoms with Crippen LogP contribution in [0.5, 0.6) is 0 Å². The number of carboxylic acid groups (broad SMARTS) is 1. The lowest BCUT2D eigenvalue weighted by atomic mass is 9.83. The number of carboxylic acids is 1. The summed E-state index contributed by atoms with van der Waals surface area (Å²) >= 11 is 0. The fraction of sp³-hybridized carbons (Fsp3) is 0.761. The average Bonchev–Trinajstić information content (AvgIpc) is 3.68. The zero-order valence-electron chi connectivity index (χ0n) is 37.3. The molecule has 1 unspecified atom stereocenters. The van der Waals surface area contributed by atoms with Gasteiger partial charge in [-0.25, -0.2) is 0 Å². The van der Waals surface area contributed by atoms with Gasteiger partial charge in [-0.1, -0.05) is 85.2 Å². The number of aliphatic carboxylic acids is 1. The average molecular weight is 813 g/mol. The molecule has 58 heavy (non-hydrogen) atoms. The highest BCUT2D eigenvalue weighted by molar-refractivity contribution is 5.90. The molecule has 9 atom stereocenters. The van der Waals surface area contributed by atoms with Crippen molar-refractivity contribution in [3.63, 3.8) is 0 Å². The van der Waals surface area contributed by atoms with Gasteiger partial charge in [-0.2, -0.15) is 0 Å². The smallest absolute Gasteiger partial charge is 0.303 e. The van der Waals surface area contributed by atoms with Gasteiger partial charge >= 0.3 is 5.97 Å². The molecule has 2 N–H and O–H groups in total. The minimum absolute atomic E-state index is 0.00106. The monoisotopic (exact) mass is 813 g/mol. The largest absolute Gasteiger partial charge is 0.481 e. The summed E-state index contributed by atoms with van der Waals surface area (Å²) in [4.78, 5) is 74.2. The van der Waals surface area contributed by atoms with Crippen LogP contribution in [0.15, 0.2) is 30.3 Å². The van der Waals surface area contributed by atoms with Crippen molar-refractivity contribution in [2.45, 2.75) is 137 Å². The molecule has 0 spiro atoms. The highest BCUT2D eigenvalue weighted by Crippen LogP contribution is 2.32. The minimum atomic E-state index is -0.927. The Morgan fingerprint density at radius 1 is 0.862 bits per heavy atom. The van der Waals surface area contributed by atoms with Crippen molar-refractivity contribution in [2.75, 3.05) is 54.0 Å². The van der Waals surface area contributed by atoms with E-state index < -0.39 is 36.1 Å². The van der Waals surface area contributed by atoms with E-state index in [9.17, 15) is 29.1 Å². The highest BCUT2D eigenvalue weighted by atomic mass is 16.5. The Kier molecular flexibility index (Phi) is 20.5. The number of piperazine rings is 1. The molecular formula is C46H76N4O8. The lowest BCUT2D eigenvalue weighted by Gasteiger charge is -2.41. The van der Waals surface area contributed by atoms with E-state index in [2.05, 4.69) is 37.9 Å². The van der Waals surface area contributed by atoms with Gasteiger partial charge in [-0.15, -0.1) is 0 Å². The van der Waals surface area contributed by atoms with Gasteiger partial charge in [-0.3, -0.25) is 28.9 Å². The molecule has 1 aromatic rings. The number of carbonyl (C=O) groups excluding carboxylic acids is 4. The van der Waals surface area contributed by atoms with E-state index in [4.69, 9.17) is 9.47 Å². The van der Waals surface area contributed by atoms with Crippen LogP contribution in [0, 0.1) is 35.5 Å². The van der Waals surface area contributed by atoms with E-state index in [1.807, 2.05) is 56.0 Å². The molecule has 12 nitrogen and oxygen atoms in total. The van der Waals surface area contributed by atoms with Crippen LogP contribution in [0.25, 0.3) is 0 Å². The van der Waals surface area contributed by atoms with Gasteiger partial charge in [0.25, 0.3) is 0 Å². The molecule has 2 aliphatic heterocycles. The predicted molar refractivity (Wildman–Crippen MR) is 227 cm³/mol. The summed E-state index contributed by atoms with van der Waals surface area (Å²) in [6, 6.07) is 8.86. The predicted octanol–water partition coefficient (Wildman–Crippen LogP) is 5.75. The Labute approximate surface area is 349 Å². The van der Waals surface area contributed by atoms with E-state index in [1.54, 1.807) is 26.2 Å². The topological polar surface area (TPSA) is 146 Å². The number of nitrogens with zero attached hydrogens (tertiary/aromatic N) is 3. The second-order valence-corrected chi connectivity index (χ2v) is 17.7. The van der Waals surface area contributed by atoms with Gasteiger partial charge in [-0.05, 0) is 54.9 Å². The van der Waals surface area contributed by atoms with E-state index >= 15 is 0 Å². The van der Waals surface area contributed by atoms with Crippen molar-refractivity contribution in [3.05, 3.63) is 35.9 Å². The Bertz CT molecular complexity index is 1450. The van der Waals surface area contributed by atoms with Crippen molar-refractivity contribution in [3.8, 4) is 0 Å². The van der Waals surface area contributed by atoms with Gasteiger partial charge in [0.2, 0.25) is 11.8 Å². The lowest BCUT2D eigenvalue weighted by molar-refractivity contribution is -0.149. The lowest BCUT2D eigenvalue weighted by Crippen LogP contribution is -2.55. The third-order valence-electron chi connectivity index (χ3n) is 13.0. The summed E-state index contributed by atoms with van der Waals surface area (Å²) in [5.41, 5.74) is 1.10. The van der Waals surface area contributed by atoms with Crippen molar-refractivity contribution in [2.24, 2.45) is 35.5 Å². The van der Waals surface area contributed by atoms with Crippen LogP contribution in [0.4, 0.5) is 0 Å². The van der Waals surface area contributed by atoms with Crippen LogP contribution in [-0.4, -0.2) is 133 Å². The first-order valence-electron chi connectivity index (χ1n) is 21.9. The maximum absolute atomic E-state index is 14.5. The Balaban J connectivity index is 1.76. The molecule has 12 heteroatoms. The molecule has 1 aromatic carbocycles. The van der Waals surface area contributed by atoms with Crippen LogP contribution >= 0.6 is 0 Å². The maximum Gasteiger partial charge on any atom is 0.303 e. The number of nitrogens with one attached hydrogen (secondary N) is 1. The summed E-state index contributed by atoms with van der Waals surface area (Å²) in [6.45, 7) is 17.9. The second kappa shape index (κ2) is 24.2. The molecule has 0 aromatic heterocycles. The van der Waals surface area contributed by atoms with Crippen molar-refractivity contribution in [1.82, 2.24) is 20.0 Å². The molecule has 2 aliphatic rings. The highest BCUT2D eigenvalue weighted by Gasteiger charge is 2.43. The summed E-state index contributed by atoms with van der Waals surface area (Å²) in [5, 5.41) is 13.0. The van der Waals surface area contributed by atoms with E-state index in [1.165, 1.54) is 0 Å². The quantitative estimate of drug-likeness (QED) is 0.125. The standard InChI is InChI=1S/C46H76N4O8/c1-11-32(6)44(48(8)46(56)36(30(2)3)28-39(52)43(31(4)5)49-24-21-47-22-25-49)40(57-9)29-41(53)50-23-15-18-37(50)45(58-10)33(7)38(51)26-35(27-42(54)55)20-19-34-16-13-12-14-17-34/h12-14,16-17,30-33,35-37,40,43-45,47H,11,15,18-29H2,1-10H3,(H,54,55)/t32-,33-,35+,36-,37-,40?,43-,44-,45+/m0/s1. The second-order valence-electron chi connectivity index (χ2n) is 17.7. The molecule has 0 bridgehead atoms. The summed E-state index contributed by atoms with van der Waals surface area (Å²) in [6.07, 6.45) is 2.53. The van der Waals surface area contributed by atoms with Crippen molar-refractivity contribution < 1.29 is 38.6 Å². The first kappa shape index (κ1) is 49.2. The van der Waals surface area contributed by atoms with Crippen LogP contribution in [-0.2, 0) is 39.9 Å². The molecule has 0 radical (unpaired) electrons. The number of amides is 2. The number of methoxy groups -OCH3 is 2. The molecule has 2 amide bonds. The summed E-state index contributed by atoms with van der Waals surface area (Å²) in [5.74, 6) is -2.46. The number of aryl methyl sites for hydroxylation is 1. The Morgan fingerprint density at radius 3 is 2.07 bits per heavy atom. The van der Waals surface area contributed by atoms with Crippen LogP contribution < -0.4 is 5.32 Å². The normalized spacial score (nSPS) is 20.6. The number of hydrogen-bond donors (Lipinski definition) is 2. The molecular weight excluding hydrogens is 737 g/mol. The molecule has 0 aliphatic carbocycles. The molecule has 3 rings (SSSR count). The van der Waals surface area contributed by atoms with E-state index in [-0.39, 0.29) is 84.8 Å². The van der Waals surface area contributed by atoms with Crippen LogP contribution in [0.1, 0.15) is 105 Å². The molecule has 2 fully saturated rings. The van der Waals surface area contributed by atoms with Gasteiger partial charge in [0.05, 0.1) is 36.8 Å². The maximum atomic E-state index is 14.5. The van der Waals surface area contributed by atoms with Crippen LogP contribution in [0.2, 0.25) is 0 Å². The van der Waals surface area contributed by atoms with Crippen molar-refractivity contribution in [1.29, 1.82) is 0 Å². The number of rotatable bonds is 25. The minimum Gasteiger partial charge on any atom is -0.481 e. The third-order valence-corrected chi connectivity index (χ3v) is 13.0. The number of ketones is 2. The number of carbonyl (C=O) groups is 5. The van der Waals surface area contributed by atoms with Gasteiger partial charge in [0.1, 0.15) is 5.78 Å². The summed E-state index contributed by atoms with van der Waals surface area (Å²) in [7, 11) is 4.94. The number of hydrogen-bond acceptors (Lipinski definition) is 9. The fourth-order valence-electron chi connectivity index (χ4n) is 9.51. The first-order chi connectivity index (χ1) is 27.6. The summed E-state index contributed by atoms with van der Waals surface area (Å²) < 4.78 is 12.1. The zero-order chi connectivity index (χ0) is 43.1. The first-order valence-corrected chi connectivity index (χ1v) is 21.9. The number of likely N-dealkylation sites (N-methyl/N-ethyl adjacent to an activating group) is 1. The third kappa shape index (κ3) is 13.7. The van der Waals surface area contributed by atoms with Gasteiger partial charge < -0.3 is 29.7 Å². The fourth-order valence-corrected chi connectivity index (χ4v) is 9.51. The van der Waals surface area contributed by atoms with Crippen molar-refractivity contribution >= 4 is 29.4 Å². The number of ether oxygens (including phenoxy) is 2. The van der Waals surface area contributed by atoms with E-state index in [0.717, 1.165) is 44.6 Å². The number of benzene rings is 1. The molecule has 0 saturated carbocycles. The van der Waals surface area contributed by atoms with Gasteiger partial charge in [0, 0.05) is 85.1 Å². The zero-order valence-corrected chi connectivity index (χ0v) is 37.3. The Morgan fingerprint density at radius 2 is 1.52 bits per heavy atom. The molecule has 2 saturated heterocycles. The molecule has 328 valence electrons. The number of likely N-dealkylation sites (tertiary alicyclic amines) is 1. The van der Waals surface area contributed by atoms with Crippen LogP contribution in [0.3, 0.4) is 0 Å². The molecule has 2 heterocycles. The van der Waals surface area contributed by atoms with E-state index in [0.29, 0.717) is 25.8 Å².